The molecule has 2 aromatic rings. The van der Waals surface area contributed by atoms with E-state index in [0.29, 0.717) is 26.2 Å². The number of likely N-dealkylation sites (tertiary alicyclic amines) is 1. The Hall–Kier alpha value is -2.91. The molecule has 3 amide bonds. The Morgan fingerprint density at radius 2 is 1.76 bits per heavy atom. The number of carbonyl (C=O) groups excluding carboxylic acids is 2. The van der Waals surface area contributed by atoms with Crippen molar-refractivity contribution < 1.29 is 19.1 Å². The van der Waals surface area contributed by atoms with E-state index < -0.39 is 0 Å². The zero-order chi connectivity index (χ0) is 22.7. The highest BCUT2D eigenvalue weighted by Gasteiger charge is 2.44. The lowest BCUT2D eigenvalue weighted by Gasteiger charge is -2.39. The Morgan fingerprint density at radius 1 is 1.00 bits per heavy atom. The minimum atomic E-state index is -0.234. The van der Waals surface area contributed by atoms with Gasteiger partial charge >= 0.3 is 6.03 Å². The van der Waals surface area contributed by atoms with Crippen molar-refractivity contribution in [3.63, 3.8) is 0 Å². The van der Waals surface area contributed by atoms with Crippen LogP contribution in [-0.4, -0.2) is 53.4 Å². The molecule has 0 radical (unpaired) electrons. The van der Waals surface area contributed by atoms with E-state index in [1.54, 1.807) is 11.8 Å². The molecule has 33 heavy (non-hydrogen) atoms. The maximum absolute atomic E-state index is 12.8. The average Bonchev–Trinajstić information content (AvgIpc) is 3.49. The quantitative estimate of drug-likeness (QED) is 0.624. The molecule has 1 unspecified atom stereocenters. The highest BCUT2D eigenvalue weighted by Crippen LogP contribution is 2.39. The standard InChI is InChI=1S/C24H28N4O4S/c29-22(25-14-18-6-7-20-21(12-18)32-16-31-20)19-15-33-24(27-19)8-10-28(11-9-24)23(30)26-13-17-4-2-1-3-5-17/h1-7,12,19,27H,8-11,13-16H2,(H,25,29)(H,26,30). The zero-order valence-electron chi connectivity index (χ0n) is 18.3. The van der Waals surface area contributed by atoms with Gasteiger partial charge in [-0.05, 0) is 36.1 Å². The lowest BCUT2D eigenvalue weighted by atomic mass is 10.0. The molecule has 8 nitrogen and oxygen atoms in total. The van der Waals surface area contributed by atoms with Gasteiger partial charge in [-0.25, -0.2) is 4.79 Å². The van der Waals surface area contributed by atoms with E-state index in [4.69, 9.17) is 9.47 Å². The van der Waals surface area contributed by atoms with Gasteiger partial charge in [0.2, 0.25) is 12.7 Å². The van der Waals surface area contributed by atoms with Crippen LogP contribution in [0.3, 0.4) is 0 Å². The maximum Gasteiger partial charge on any atom is 0.317 e. The summed E-state index contributed by atoms with van der Waals surface area (Å²) < 4.78 is 10.7. The number of piperidine rings is 1. The summed E-state index contributed by atoms with van der Waals surface area (Å²) in [4.78, 5) is 27.0. The number of nitrogens with zero attached hydrogens (tertiary/aromatic N) is 1. The fraction of sp³-hybridized carbons (Fsp3) is 0.417. The van der Waals surface area contributed by atoms with E-state index in [2.05, 4.69) is 16.0 Å². The maximum atomic E-state index is 12.8. The van der Waals surface area contributed by atoms with Gasteiger partial charge in [-0.2, -0.15) is 0 Å². The fourth-order valence-corrected chi connectivity index (χ4v) is 5.81. The second-order valence-corrected chi connectivity index (χ2v) is 9.94. The Morgan fingerprint density at radius 3 is 2.58 bits per heavy atom. The van der Waals surface area contributed by atoms with Crippen LogP contribution in [0.15, 0.2) is 48.5 Å². The highest BCUT2D eigenvalue weighted by atomic mass is 32.2. The molecule has 5 rings (SSSR count). The average molecular weight is 469 g/mol. The van der Waals surface area contributed by atoms with Crippen LogP contribution in [-0.2, 0) is 17.9 Å². The van der Waals surface area contributed by atoms with Gasteiger partial charge in [-0.3, -0.25) is 10.1 Å². The molecule has 9 heteroatoms. The first kappa shape index (κ1) is 21.9. The van der Waals surface area contributed by atoms with Crippen molar-refractivity contribution in [3.05, 3.63) is 59.7 Å². The smallest absolute Gasteiger partial charge is 0.317 e. The summed E-state index contributed by atoms with van der Waals surface area (Å²) >= 11 is 1.80. The molecule has 1 atom stereocenters. The van der Waals surface area contributed by atoms with Crippen LogP contribution < -0.4 is 25.4 Å². The fourth-order valence-electron chi connectivity index (χ4n) is 4.39. The molecule has 0 aliphatic carbocycles. The van der Waals surface area contributed by atoms with Crippen LogP contribution in [0.25, 0.3) is 0 Å². The van der Waals surface area contributed by atoms with Crippen LogP contribution in [0.1, 0.15) is 24.0 Å². The largest absolute Gasteiger partial charge is 0.454 e. The SMILES string of the molecule is O=C(NCc1ccc2c(c1)OCO2)C1CSC2(CCN(C(=O)NCc3ccccc3)CC2)N1. The van der Waals surface area contributed by atoms with Crippen molar-refractivity contribution in [3.8, 4) is 11.5 Å². The first-order chi connectivity index (χ1) is 16.1. The van der Waals surface area contributed by atoms with Gasteiger partial charge in [-0.1, -0.05) is 36.4 Å². The molecule has 3 N–H and O–H groups in total. The topological polar surface area (TPSA) is 91.9 Å². The molecule has 174 valence electrons. The van der Waals surface area contributed by atoms with Gasteiger partial charge < -0.3 is 25.0 Å². The number of ether oxygens (including phenoxy) is 2. The summed E-state index contributed by atoms with van der Waals surface area (Å²) in [5, 5.41) is 9.58. The number of thioether (sulfide) groups is 1. The summed E-state index contributed by atoms with van der Waals surface area (Å²) in [7, 11) is 0. The Bertz CT molecular complexity index is 1010. The molecular weight excluding hydrogens is 440 g/mol. The molecule has 2 aromatic carbocycles. The van der Waals surface area contributed by atoms with Crippen molar-refractivity contribution in [1.82, 2.24) is 20.9 Å². The number of hydrogen-bond acceptors (Lipinski definition) is 6. The van der Waals surface area contributed by atoms with E-state index >= 15 is 0 Å². The molecule has 3 aliphatic heterocycles. The number of urea groups is 1. The van der Waals surface area contributed by atoms with Gasteiger partial charge in [0.25, 0.3) is 0 Å². The predicted molar refractivity (Wildman–Crippen MR) is 126 cm³/mol. The molecule has 0 bridgehead atoms. The van der Waals surface area contributed by atoms with E-state index in [-0.39, 0.29) is 29.6 Å². The van der Waals surface area contributed by atoms with Crippen molar-refractivity contribution in [2.45, 2.75) is 36.8 Å². The second-order valence-electron chi connectivity index (χ2n) is 8.54. The Balaban J connectivity index is 1.07. The monoisotopic (exact) mass is 468 g/mol. The van der Waals surface area contributed by atoms with Crippen molar-refractivity contribution >= 4 is 23.7 Å². The van der Waals surface area contributed by atoms with E-state index in [1.807, 2.05) is 53.4 Å². The Kier molecular flexibility index (Phi) is 6.32. The molecule has 0 aromatic heterocycles. The number of rotatable bonds is 5. The van der Waals surface area contributed by atoms with Gasteiger partial charge in [0.1, 0.15) is 0 Å². The third-order valence-corrected chi connectivity index (χ3v) is 7.91. The normalized spacial score (nSPS) is 20.6. The molecule has 2 saturated heterocycles. The minimum Gasteiger partial charge on any atom is -0.454 e. The second kappa shape index (κ2) is 9.52. The molecule has 1 spiro atoms. The first-order valence-electron chi connectivity index (χ1n) is 11.2. The van der Waals surface area contributed by atoms with Crippen molar-refractivity contribution in [1.29, 1.82) is 0 Å². The highest BCUT2D eigenvalue weighted by molar-refractivity contribution is 8.01. The van der Waals surface area contributed by atoms with Crippen LogP contribution in [0.5, 0.6) is 11.5 Å². The van der Waals surface area contributed by atoms with Gasteiger partial charge in [-0.15, -0.1) is 11.8 Å². The van der Waals surface area contributed by atoms with E-state index in [1.165, 1.54) is 0 Å². The summed E-state index contributed by atoms with van der Waals surface area (Å²) in [6, 6.07) is 15.3. The summed E-state index contributed by atoms with van der Waals surface area (Å²) in [6.45, 7) is 2.56. The molecule has 3 heterocycles. The summed E-state index contributed by atoms with van der Waals surface area (Å²) in [6.07, 6.45) is 1.64. The van der Waals surface area contributed by atoms with Crippen LogP contribution in [0, 0.1) is 0 Å². The van der Waals surface area contributed by atoms with Crippen LogP contribution in [0.2, 0.25) is 0 Å². The number of benzene rings is 2. The summed E-state index contributed by atoms with van der Waals surface area (Å²) in [5.41, 5.74) is 2.06. The predicted octanol–water partition coefficient (Wildman–Crippen LogP) is 2.44. The first-order valence-corrected chi connectivity index (χ1v) is 12.2. The molecule has 3 aliphatic rings. The van der Waals surface area contributed by atoms with Crippen LogP contribution >= 0.6 is 11.8 Å². The number of hydrogen-bond donors (Lipinski definition) is 3. The molecule has 2 fully saturated rings. The summed E-state index contributed by atoms with van der Waals surface area (Å²) in [5.74, 6) is 2.18. The minimum absolute atomic E-state index is 0.0000700. The van der Waals surface area contributed by atoms with Gasteiger partial charge in [0, 0.05) is 31.9 Å². The lowest BCUT2D eigenvalue weighted by molar-refractivity contribution is -0.122. The number of nitrogens with one attached hydrogen (secondary N) is 3. The third kappa shape index (κ3) is 5.04. The molecular formula is C24H28N4O4S. The van der Waals surface area contributed by atoms with Crippen molar-refractivity contribution in [2.75, 3.05) is 25.6 Å². The van der Waals surface area contributed by atoms with Gasteiger partial charge in [0.05, 0.1) is 10.9 Å². The lowest BCUT2D eigenvalue weighted by Crippen LogP contribution is -2.55. The van der Waals surface area contributed by atoms with E-state index in [0.717, 1.165) is 41.2 Å². The number of fused-ring (bicyclic) bond motifs is 1. The zero-order valence-corrected chi connectivity index (χ0v) is 19.2. The Labute approximate surface area is 197 Å². The number of carbonyl (C=O) groups is 2. The van der Waals surface area contributed by atoms with Crippen molar-refractivity contribution in [2.24, 2.45) is 0 Å². The van der Waals surface area contributed by atoms with Gasteiger partial charge in [0.15, 0.2) is 11.5 Å². The third-order valence-electron chi connectivity index (χ3n) is 6.33. The van der Waals surface area contributed by atoms with Crippen LogP contribution in [0.4, 0.5) is 4.79 Å². The molecule has 0 saturated carbocycles. The number of amides is 3. The van der Waals surface area contributed by atoms with E-state index in [9.17, 15) is 9.59 Å².